The van der Waals surface area contributed by atoms with E-state index in [1.807, 2.05) is 31.2 Å². The fourth-order valence-corrected chi connectivity index (χ4v) is 1.87. The topological polar surface area (TPSA) is 26.0 Å². The third-order valence-corrected chi connectivity index (χ3v) is 2.71. The zero-order valence-electron chi connectivity index (χ0n) is 9.27. The van der Waals surface area contributed by atoms with E-state index < -0.39 is 0 Å². The highest BCUT2D eigenvalue weighted by Gasteiger charge is 2.10. The monoisotopic (exact) mass is 227 g/mol. The predicted molar refractivity (Wildman–Crippen MR) is 64.1 cm³/mol. The number of hydrogen-bond donors (Lipinski definition) is 0. The molecule has 17 heavy (non-hydrogen) atoms. The molecule has 2 aromatic heterocycles. The van der Waals surface area contributed by atoms with Gasteiger partial charge in [0, 0.05) is 11.6 Å². The van der Waals surface area contributed by atoms with Crippen LogP contribution in [0.4, 0.5) is 4.39 Å². The summed E-state index contributed by atoms with van der Waals surface area (Å²) in [6, 6.07) is 9.34. The van der Waals surface area contributed by atoms with Gasteiger partial charge in [0.05, 0.1) is 11.8 Å². The van der Waals surface area contributed by atoms with Gasteiger partial charge in [0.15, 0.2) is 5.82 Å². The lowest BCUT2D eigenvalue weighted by molar-refractivity contribution is 0.598. The summed E-state index contributed by atoms with van der Waals surface area (Å²) < 4.78 is 19.2. The number of aromatic nitrogens is 1. The van der Waals surface area contributed by atoms with Gasteiger partial charge in [-0.1, -0.05) is 11.6 Å². The summed E-state index contributed by atoms with van der Waals surface area (Å²) in [6.45, 7) is 2.01. The minimum atomic E-state index is -0.372. The van der Waals surface area contributed by atoms with Crippen LogP contribution in [0, 0.1) is 12.7 Å². The fourth-order valence-electron chi connectivity index (χ4n) is 1.87. The van der Waals surface area contributed by atoms with E-state index in [9.17, 15) is 4.39 Å². The number of benzene rings is 1. The van der Waals surface area contributed by atoms with Crippen LogP contribution in [-0.4, -0.2) is 4.98 Å². The van der Waals surface area contributed by atoms with Crippen molar-refractivity contribution in [3.05, 3.63) is 54.1 Å². The van der Waals surface area contributed by atoms with Crippen molar-refractivity contribution < 1.29 is 8.81 Å². The van der Waals surface area contributed by atoms with Crippen LogP contribution in [0.15, 0.2) is 47.1 Å². The van der Waals surface area contributed by atoms with E-state index in [2.05, 4.69) is 4.98 Å². The summed E-state index contributed by atoms with van der Waals surface area (Å²) >= 11 is 0. The Kier molecular flexibility index (Phi) is 2.18. The van der Waals surface area contributed by atoms with Gasteiger partial charge in [-0.25, -0.2) is 4.39 Å². The maximum Gasteiger partial charge on any atom is 0.152 e. The van der Waals surface area contributed by atoms with E-state index in [0.717, 1.165) is 16.5 Å². The lowest BCUT2D eigenvalue weighted by atomic mass is 10.1. The third kappa shape index (κ3) is 1.69. The van der Waals surface area contributed by atoms with Gasteiger partial charge >= 0.3 is 0 Å². The number of nitrogens with zero attached hydrogens (tertiary/aromatic N) is 1. The van der Waals surface area contributed by atoms with E-state index in [1.165, 1.54) is 6.20 Å². The molecule has 2 nitrogen and oxygen atoms in total. The molecule has 3 heteroatoms. The molecular weight excluding hydrogens is 217 g/mol. The molecular formula is C14H10FNO. The van der Waals surface area contributed by atoms with E-state index in [4.69, 9.17) is 4.42 Å². The summed E-state index contributed by atoms with van der Waals surface area (Å²) in [6.07, 6.45) is 2.74. The highest BCUT2D eigenvalue weighted by Crippen LogP contribution is 2.29. The van der Waals surface area contributed by atoms with Crippen LogP contribution < -0.4 is 0 Å². The largest absolute Gasteiger partial charge is 0.456 e. The Hall–Kier alpha value is -2.16. The van der Waals surface area contributed by atoms with Crippen LogP contribution in [0.25, 0.3) is 22.3 Å². The zero-order valence-corrected chi connectivity index (χ0v) is 9.27. The summed E-state index contributed by atoms with van der Waals surface area (Å²) in [7, 11) is 0. The Morgan fingerprint density at radius 2 is 2.06 bits per heavy atom. The molecule has 1 aromatic carbocycles. The van der Waals surface area contributed by atoms with Gasteiger partial charge in [-0.2, -0.15) is 0 Å². The first kappa shape index (κ1) is 10.0. The van der Waals surface area contributed by atoms with Crippen LogP contribution in [-0.2, 0) is 0 Å². The van der Waals surface area contributed by atoms with E-state index in [1.54, 1.807) is 12.3 Å². The molecule has 0 spiro atoms. The number of hydrogen-bond acceptors (Lipinski definition) is 2. The molecule has 0 bridgehead atoms. The number of aryl methyl sites for hydroxylation is 1. The van der Waals surface area contributed by atoms with Crippen LogP contribution in [0.1, 0.15) is 5.56 Å². The lowest BCUT2D eigenvalue weighted by Crippen LogP contribution is -1.82. The van der Waals surface area contributed by atoms with Gasteiger partial charge in [-0.05, 0) is 31.2 Å². The van der Waals surface area contributed by atoms with E-state index >= 15 is 0 Å². The van der Waals surface area contributed by atoms with Crippen LogP contribution in [0.2, 0.25) is 0 Å². The molecule has 2 heterocycles. The van der Waals surface area contributed by atoms with Gasteiger partial charge in [-0.3, -0.25) is 4.98 Å². The molecule has 0 saturated heterocycles. The van der Waals surface area contributed by atoms with Gasteiger partial charge < -0.3 is 4.42 Å². The minimum absolute atomic E-state index is 0.372. The van der Waals surface area contributed by atoms with Crippen LogP contribution >= 0.6 is 0 Å². The third-order valence-electron chi connectivity index (χ3n) is 2.71. The minimum Gasteiger partial charge on any atom is -0.456 e. The fraction of sp³-hybridized carbons (Fsp3) is 0.0714. The summed E-state index contributed by atoms with van der Waals surface area (Å²) in [5.41, 5.74) is 2.36. The van der Waals surface area contributed by atoms with Crippen molar-refractivity contribution in [1.29, 1.82) is 0 Å². The average molecular weight is 227 g/mol. The maximum absolute atomic E-state index is 13.6. The van der Waals surface area contributed by atoms with Gasteiger partial charge in [-0.15, -0.1) is 0 Å². The van der Waals surface area contributed by atoms with Crippen molar-refractivity contribution in [2.45, 2.75) is 6.92 Å². The Bertz CT molecular complexity index is 688. The molecule has 0 fully saturated rings. The second kappa shape index (κ2) is 3.70. The Morgan fingerprint density at radius 3 is 2.88 bits per heavy atom. The molecule has 0 saturated carbocycles. The molecule has 0 aliphatic rings. The SMILES string of the molecule is Cc1ccc2oc(-c3ccncc3F)cc2c1. The lowest BCUT2D eigenvalue weighted by Gasteiger charge is -1.96. The Labute approximate surface area is 97.7 Å². The smallest absolute Gasteiger partial charge is 0.152 e. The summed E-state index contributed by atoms with van der Waals surface area (Å²) in [4.78, 5) is 3.72. The van der Waals surface area contributed by atoms with Crippen molar-refractivity contribution in [2.24, 2.45) is 0 Å². The summed E-state index contributed by atoms with van der Waals surface area (Å²) in [5, 5.41) is 0.983. The van der Waals surface area contributed by atoms with Gasteiger partial charge in [0.25, 0.3) is 0 Å². The van der Waals surface area contributed by atoms with Crippen molar-refractivity contribution in [1.82, 2.24) is 4.98 Å². The number of furan rings is 1. The van der Waals surface area contributed by atoms with Crippen molar-refractivity contribution in [3.63, 3.8) is 0 Å². The molecule has 0 unspecified atom stereocenters. The molecule has 0 aliphatic heterocycles. The predicted octanol–water partition coefficient (Wildman–Crippen LogP) is 3.94. The number of halogens is 1. The summed E-state index contributed by atoms with van der Waals surface area (Å²) in [5.74, 6) is 0.161. The normalized spacial score (nSPS) is 10.9. The van der Waals surface area contributed by atoms with Crippen molar-refractivity contribution in [3.8, 4) is 11.3 Å². The Morgan fingerprint density at radius 1 is 1.18 bits per heavy atom. The second-order valence-corrected chi connectivity index (χ2v) is 4.01. The molecule has 84 valence electrons. The number of fused-ring (bicyclic) bond motifs is 1. The van der Waals surface area contributed by atoms with Crippen molar-refractivity contribution in [2.75, 3.05) is 0 Å². The molecule has 3 aromatic rings. The number of pyridine rings is 1. The van der Waals surface area contributed by atoms with Crippen LogP contribution in [0.3, 0.4) is 0 Å². The molecule has 3 rings (SSSR count). The van der Waals surface area contributed by atoms with Gasteiger partial charge in [0.1, 0.15) is 11.3 Å². The Balaban J connectivity index is 2.22. The highest BCUT2D eigenvalue weighted by molar-refractivity contribution is 5.83. The second-order valence-electron chi connectivity index (χ2n) is 4.01. The maximum atomic E-state index is 13.6. The molecule has 0 aliphatic carbocycles. The van der Waals surface area contributed by atoms with Gasteiger partial charge in [0.2, 0.25) is 0 Å². The standard InChI is InChI=1S/C14H10FNO/c1-9-2-3-13-10(6-9)7-14(17-13)11-4-5-16-8-12(11)15/h2-8H,1H3. The quantitative estimate of drug-likeness (QED) is 0.629. The van der Waals surface area contributed by atoms with Crippen molar-refractivity contribution >= 4 is 11.0 Å². The first-order valence-corrected chi connectivity index (χ1v) is 5.34. The first-order chi connectivity index (χ1) is 8.24. The van der Waals surface area contributed by atoms with Crippen LogP contribution in [0.5, 0.6) is 0 Å². The average Bonchev–Trinajstić information content (AvgIpc) is 2.72. The highest BCUT2D eigenvalue weighted by atomic mass is 19.1. The molecule has 0 atom stereocenters. The molecule has 0 amide bonds. The molecule has 0 N–H and O–H groups in total. The molecule has 0 radical (unpaired) electrons. The number of rotatable bonds is 1. The van der Waals surface area contributed by atoms with E-state index in [-0.39, 0.29) is 5.82 Å². The zero-order chi connectivity index (χ0) is 11.8. The first-order valence-electron chi connectivity index (χ1n) is 5.34. The van der Waals surface area contributed by atoms with E-state index in [0.29, 0.717) is 11.3 Å².